The molecule has 2 nitrogen and oxygen atoms in total. The molecule has 0 heterocycles. The first-order valence-corrected chi connectivity index (χ1v) is 4.84. The van der Waals surface area contributed by atoms with Crippen LogP contribution in [0.5, 0.6) is 0 Å². The van der Waals surface area contributed by atoms with Gasteiger partial charge in [0, 0.05) is 18.8 Å². The largest absolute Gasteiger partial charge is 0.385 e. The van der Waals surface area contributed by atoms with Crippen LogP contribution in [-0.4, -0.2) is 13.6 Å². The van der Waals surface area contributed by atoms with Gasteiger partial charge < -0.3 is 10.6 Å². The van der Waals surface area contributed by atoms with Crippen molar-refractivity contribution in [2.24, 2.45) is 0 Å². The monoisotopic (exact) mass is 178 g/mol. The van der Waals surface area contributed by atoms with Crippen molar-refractivity contribution in [2.75, 3.05) is 18.9 Å². The van der Waals surface area contributed by atoms with Crippen molar-refractivity contribution < 1.29 is 0 Å². The lowest BCUT2D eigenvalue weighted by molar-refractivity contribution is 0.818. The normalized spacial score (nSPS) is 10.0. The van der Waals surface area contributed by atoms with E-state index in [1.54, 1.807) is 0 Å². The van der Waals surface area contributed by atoms with Gasteiger partial charge in [0.05, 0.1) is 0 Å². The van der Waals surface area contributed by atoms with Crippen LogP contribution in [0, 0.1) is 0 Å². The van der Waals surface area contributed by atoms with Gasteiger partial charge in [-0.3, -0.25) is 0 Å². The fraction of sp³-hybridized carbons (Fsp3) is 0.455. The maximum Gasteiger partial charge on any atom is 0.0343 e. The van der Waals surface area contributed by atoms with Gasteiger partial charge in [0.1, 0.15) is 0 Å². The summed E-state index contributed by atoms with van der Waals surface area (Å²) >= 11 is 0. The number of hydrogen-bond donors (Lipinski definition) is 2. The predicted octanol–water partition coefficient (Wildman–Crippen LogP) is 2.23. The van der Waals surface area contributed by atoms with E-state index < -0.39 is 0 Å². The van der Waals surface area contributed by atoms with Gasteiger partial charge in [0.25, 0.3) is 0 Å². The zero-order valence-corrected chi connectivity index (χ0v) is 8.43. The maximum atomic E-state index is 3.37. The van der Waals surface area contributed by atoms with Crippen molar-refractivity contribution in [2.45, 2.75) is 19.9 Å². The van der Waals surface area contributed by atoms with Gasteiger partial charge in [-0.2, -0.15) is 0 Å². The number of hydrogen-bond acceptors (Lipinski definition) is 2. The van der Waals surface area contributed by atoms with E-state index in [0.717, 1.165) is 19.5 Å². The van der Waals surface area contributed by atoms with E-state index in [4.69, 9.17) is 0 Å². The molecular formula is C11H18N2. The first-order chi connectivity index (χ1) is 6.36. The van der Waals surface area contributed by atoms with E-state index in [1.807, 2.05) is 7.05 Å². The molecule has 13 heavy (non-hydrogen) atoms. The zero-order valence-electron chi connectivity index (χ0n) is 8.43. The van der Waals surface area contributed by atoms with Crippen molar-refractivity contribution >= 4 is 5.69 Å². The molecule has 1 rings (SSSR count). The molecule has 0 unspecified atom stereocenters. The molecule has 2 N–H and O–H groups in total. The van der Waals surface area contributed by atoms with Gasteiger partial charge in [-0.05, 0) is 31.2 Å². The number of rotatable bonds is 5. The highest BCUT2D eigenvalue weighted by Gasteiger charge is 1.93. The lowest BCUT2D eigenvalue weighted by Crippen LogP contribution is -2.06. The van der Waals surface area contributed by atoms with E-state index in [2.05, 4.69) is 41.8 Å². The summed E-state index contributed by atoms with van der Waals surface area (Å²) in [5, 5.41) is 6.50. The molecule has 1 aromatic carbocycles. The van der Waals surface area contributed by atoms with Crippen LogP contribution in [0.1, 0.15) is 18.9 Å². The summed E-state index contributed by atoms with van der Waals surface area (Å²) in [4.78, 5) is 0. The lowest BCUT2D eigenvalue weighted by Gasteiger charge is -2.06. The van der Waals surface area contributed by atoms with Gasteiger partial charge in [0.15, 0.2) is 0 Å². The smallest absolute Gasteiger partial charge is 0.0343 e. The first kappa shape index (κ1) is 10.1. The van der Waals surface area contributed by atoms with Gasteiger partial charge in [-0.15, -0.1) is 0 Å². The average Bonchev–Trinajstić information content (AvgIpc) is 2.16. The number of anilines is 1. The Kier molecular flexibility index (Phi) is 4.33. The van der Waals surface area contributed by atoms with Crippen molar-refractivity contribution in [1.82, 2.24) is 5.32 Å². The van der Waals surface area contributed by atoms with E-state index in [9.17, 15) is 0 Å². The van der Waals surface area contributed by atoms with Crippen molar-refractivity contribution in [3.05, 3.63) is 29.8 Å². The summed E-state index contributed by atoms with van der Waals surface area (Å²) in [6.45, 7) is 4.15. The molecule has 0 aliphatic rings. The third kappa shape index (κ3) is 3.47. The first-order valence-electron chi connectivity index (χ1n) is 4.84. The summed E-state index contributed by atoms with van der Waals surface area (Å²) in [7, 11) is 1.96. The SMILES string of the molecule is CCCNc1cccc(CNC)c1. The Labute approximate surface area is 80.4 Å². The molecule has 0 saturated heterocycles. The van der Waals surface area contributed by atoms with E-state index >= 15 is 0 Å². The maximum absolute atomic E-state index is 3.37. The highest BCUT2D eigenvalue weighted by molar-refractivity contribution is 5.45. The number of nitrogens with one attached hydrogen (secondary N) is 2. The van der Waals surface area contributed by atoms with Gasteiger partial charge in [0.2, 0.25) is 0 Å². The molecule has 0 radical (unpaired) electrons. The predicted molar refractivity (Wildman–Crippen MR) is 58.0 cm³/mol. The molecular weight excluding hydrogens is 160 g/mol. The third-order valence-corrected chi connectivity index (χ3v) is 1.89. The van der Waals surface area contributed by atoms with E-state index in [-0.39, 0.29) is 0 Å². The van der Waals surface area contributed by atoms with Crippen LogP contribution in [0.4, 0.5) is 5.69 Å². The Hall–Kier alpha value is -1.02. The highest BCUT2D eigenvalue weighted by atomic mass is 14.9. The summed E-state index contributed by atoms with van der Waals surface area (Å²) in [5.74, 6) is 0. The minimum Gasteiger partial charge on any atom is -0.385 e. The van der Waals surface area contributed by atoms with Crippen LogP contribution in [0.3, 0.4) is 0 Å². The zero-order chi connectivity index (χ0) is 9.52. The fourth-order valence-corrected chi connectivity index (χ4v) is 1.26. The van der Waals surface area contributed by atoms with Crippen molar-refractivity contribution in [1.29, 1.82) is 0 Å². The Morgan fingerprint density at radius 3 is 2.85 bits per heavy atom. The standard InChI is InChI=1S/C11H18N2/c1-3-7-13-11-6-4-5-10(8-11)9-12-2/h4-6,8,12-13H,3,7,9H2,1-2H3. The third-order valence-electron chi connectivity index (χ3n) is 1.89. The fourth-order valence-electron chi connectivity index (χ4n) is 1.26. The average molecular weight is 178 g/mol. The summed E-state index contributed by atoms with van der Waals surface area (Å²) in [6, 6.07) is 8.51. The van der Waals surface area contributed by atoms with Gasteiger partial charge in [-0.1, -0.05) is 19.1 Å². The van der Waals surface area contributed by atoms with E-state index in [1.165, 1.54) is 11.3 Å². The molecule has 0 saturated carbocycles. The number of benzene rings is 1. The quantitative estimate of drug-likeness (QED) is 0.722. The van der Waals surface area contributed by atoms with Crippen LogP contribution < -0.4 is 10.6 Å². The Balaban J connectivity index is 2.56. The van der Waals surface area contributed by atoms with E-state index in [0.29, 0.717) is 0 Å². The molecule has 0 fully saturated rings. The van der Waals surface area contributed by atoms with Gasteiger partial charge in [-0.25, -0.2) is 0 Å². The van der Waals surface area contributed by atoms with Crippen LogP contribution in [0.2, 0.25) is 0 Å². The molecule has 0 aliphatic heterocycles. The minimum atomic E-state index is 0.932. The van der Waals surface area contributed by atoms with Crippen LogP contribution in [-0.2, 0) is 6.54 Å². The molecule has 0 bridgehead atoms. The summed E-state index contributed by atoms with van der Waals surface area (Å²) in [5.41, 5.74) is 2.54. The molecule has 0 atom stereocenters. The van der Waals surface area contributed by atoms with Crippen LogP contribution in [0.25, 0.3) is 0 Å². The van der Waals surface area contributed by atoms with Crippen molar-refractivity contribution in [3.8, 4) is 0 Å². The molecule has 0 aliphatic carbocycles. The Bertz CT molecular complexity index is 246. The molecule has 0 amide bonds. The summed E-state index contributed by atoms with van der Waals surface area (Å²) in [6.07, 6.45) is 1.16. The summed E-state index contributed by atoms with van der Waals surface area (Å²) < 4.78 is 0. The second kappa shape index (κ2) is 5.60. The lowest BCUT2D eigenvalue weighted by atomic mass is 10.2. The van der Waals surface area contributed by atoms with Crippen LogP contribution >= 0.6 is 0 Å². The topological polar surface area (TPSA) is 24.1 Å². The molecule has 72 valence electrons. The molecule has 2 heteroatoms. The second-order valence-electron chi connectivity index (χ2n) is 3.16. The van der Waals surface area contributed by atoms with Gasteiger partial charge >= 0.3 is 0 Å². The Morgan fingerprint density at radius 1 is 1.31 bits per heavy atom. The molecule has 0 aromatic heterocycles. The molecule has 0 spiro atoms. The Morgan fingerprint density at radius 2 is 2.15 bits per heavy atom. The highest BCUT2D eigenvalue weighted by Crippen LogP contribution is 2.10. The second-order valence-corrected chi connectivity index (χ2v) is 3.16. The van der Waals surface area contributed by atoms with Crippen LogP contribution in [0.15, 0.2) is 24.3 Å². The minimum absolute atomic E-state index is 0.932. The molecule has 1 aromatic rings. The van der Waals surface area contributed by atoms with Crippen molar-refractivity contribution in [3.63, 3.8) is 0 Å².